The average Bonchev–Trinajstić information content (AvgIpc) is 1.47. The van der Waals surface area contributed by atoms with Crippen molar-refractivity contribution in [3.8, 4) is 102 Å². The molecule has 21 aromatic rings. The number of hydrogen-bond acceptors (Lipinski definition) is 13. The second-order valence-corrected chi connectivity index (χ2v) is 36.5. The lowest BCUT2D eigenvalue weighted by Crippen LogP contribution is -2.31. The molecule has 10 aliphatic rings. The third kappa shape index (κ3) is 10.1. The smallest absolute Gasteiger partial charge is 0.129 e. The molecule has 18 heteroatoms. The van der Waals surface area contributed by atoms with Gasteiger partial charge in [0.2, 0.25) is 0 Å². The van der Waals surface area contributed by atoms with Crippen molar-refractivity contribution in [3.63, 3.8) is 0 Å². The van der Waals surface area contributed by atoms with Crippen LogP contribution in [-0.4, -0.2) is 72.3 Å². The topological polar surface area (TPSA) is 242 Å². The summed E-state index contributed by atoms with van der Waals surface area (Å²) in [6, 6.07) is 114. The molecule has 0 amide bonds. The fourth-order valence-corrected chi connectivity index (χ4v) is 23.3. The molecule has 31 rings (SSSR count). The summed E-state index contributed by atoms with van der Waals surface area (Å²) in [5, 5.41) is 19.8. The monoisotopic (exact) mass is 1690 g/mol. The van der Waals surface area contributed by atoms with Crippen LogP contribution in [0.4, 0.5) is 0 Å². The summed E-state index contributed by atoms with van der Waals surface area (Å²) in [4.78, 5) is 77.9. The lowest BCUT2D eigenvalue weighted by Gasteiger charge is -2.29. The SMILES string of the molecule is C1=c2cccc3c2=N/C1=C(/c1ccccc1)c1cc2cccc(c2[nH]1)-c1ccc2c(n1)-c1nc-3ccc1C1N=C(c3cc(C4=NC5c6ccc7nc6-c6nc(ccc6C5N4)-c4cccc5cc([nH]c45)C(c4ccccc4)c4cc5cccc-7c5[nH]4)cc(C4=NC5c6ccc7nc6-c6nc(ccc6C5N4)-c4cccc5cc([nH]c45)C(c4ccccc4)c4cc5cccc-7c5[nH]4)c3)NC21. The van der Waals surface area contributed by atoms with Crippen LogP contribution in [-0.2, 0) is 0 Å². The Bertz CT molecular complexity index is 8740. The van der Waals surface area contributed by atoms with Gasteiger partial charge in [-0.3, -0.25) is 15.0 Å². The number of hydrogen-bond donors (Lipinski definition) is 8. The average molecular weight is 1690 g/mol. The predicted octanol–water partition coefficient (Wildman–Crippen LogP) is 22.1. The number of aromatic nitrogens is 11. The van der Waals surface area contributed by atoms with Crippen molar-refractivity contribution in [2.75, 3.05) is 0 Å². The Labute approximate surface area is 752 Å². The fourth-order valence-electron chi connectivity index (χ4n) is 23.3. The zero-order valence-corrected chi connectivity index (χ0v) is 70.3. The van der Waals surface area contributed by atoms with Gasteiger partial charge in [0.25, 0.3) is 0 Å². The van der Waals surface area contributed by atoms with E-state index in [1.165, 1.54) is 11.1 Å². The van der Waals surface area contributed by atoms with Gasteiger partial charge in [0.1, 0.15) is 35.6 Å². The van der Waals surface area contributed by atoms with Crippen LogP contribution in [0.25, 0.3) is 168 Å². The molecule has 0 radical (unpaired) electrons. The molecule has 7 aliphatic heterocycles. The van der Waals surface area contributed by atoms with Crippen molar-refractivity contribution < 1.29 is 0 Å². The molecule has 616 valence electrons. The highest BCUT2D eigenvalue weighted by Gasteiger charge is 2.46. The number of nitrogens with zero attached hydrogens (tertiary/aromatic N) is 10. The van der Waals surface area contributed by atoms with Crippen LogP contribution in [0.3, 0.4) is 0 Å². The van der Waals surface area contributed by atoms with Gasteiger partial charge < -0.3 is 40.9 Å². The van der Waals surface area contributed by atoms with Gasteiger partial charge in [-0.15, -0.1) is 0 Å². The molecule has 11 aromatic heterocycles. The van der Waals surface area contributed by atoms with E-state index < -0.39 is 18.1 Å². The Morgan fingerprint density at radius 1 is 0.242 bits per heavy atom. The molecule has 8 unspecified atom stereocenters. The van der Waals surface area contributed by atoms with Crippen LogP contribution >= 0.6 is 0 Å². The Morgan fingerprint density at radius 2 is 0.553 bits per heavy atom. The van der Waals surface area contributed by atoms with Crippen molar-refractivity contribution in [2.45, 2.75) is 48.1 Å². The van der Waals surface area contributed by atoms with Crippen LogP contribution in [0.2, 0.25) is 0 Å². The number of benzene rings is 10. The van der Waals surface area contributed by atoms with E-state index in [-0.39, 0.29) is 30.0 Å². The highest BCUT2D eigenvalue weighted by molar-refractivity contribution is 6.12. The number of amidine groups is 3. The molecule has 3 aliphatic carbocycles. The second-order valence-electron chi connectivity index (χ2n) is 36.5. The van der Waals surface area contributed by atoms with Gasteiger partial charge in [-0.25, -0.2) is 34.9 Å². The van der Waals surface area contributed by atoms with E-state index in [2.05, 4.69) is 368 Å². The van der Waals surface area contributed by atoms with Crippen molar-refractivity contribution >= 4 is 83.7 Å². The van der Waals surface area contributed by atoms with E-state index in [1.807, 2.05) is 0 Å². The van der Waals surface area contributed by atoms with Gasteiger partial charge in [0, 0.05) is 150 Å². The fraction of sp³-hybridized carbons (Fsp3) is 0.0702. The Balaban J connectivity index is 0.582. The normalized spacial score (nSPS) is 19.7. The number of nitrogens with one attached hydrogen (secondary N) is 8. The van der Waals surface area contributed by atoms with Crippen LogP contribution in [0.5, 0.6) is 0 Å². The molecule has 18 nitrogen and oxygen atoms in total. The number of allylic oxidation sites excluding steroid dienone is 1. The van der Waals surface area contributed by atoms with Crippen LogP contribution in [0, 0.1) is 0 Å². The quantitative estimate of drug-likeness (QED) is 0.0788. The van der Waals surface area contributed by atoms with E-state index in [0.29, 0.717) is 17.5 Å². The molecular formula is C114H70N18. The summed E-state index contributed by atoms with van der Waals surface area (Å²) >= 11 is 0. The zero-order valence-electron chi connectivity index (χ0n) is 70.3. The molecular weight excluding hydrogens is 1620 g/mol. The predicted molar refractivity (Wildman–Crippen MR) is 519 cm³/mol. The van der Waals surface area contributed by atoms with E-state index in [0.717, 1.165) is 262 Å². The highest BCUT2D eigenvalue weighted by atomic mass is 15.2. The van der Waals surface area contributed by atoms with Gasteiger partial charge in [0.15, 0.2) is 0 Å². The standard InChI is InChI=1S/C114H70N18/c1-4-16-55(17-5-1)91-85-49-58-22-10-28-67(94(58)121-85)79-40-34-73-100(115-79)101-74(35-41-80(116-101)68-29-11-23-59-50-86(91)122-95(59)68)107-106(73)127-112(128-107)64-46-65(113-129-108-75-36-42-81-69-30-12-24-60-51-87(123-96(60)69)92(56-18-6-2-7-19-56)88-52-61-25-13-31-70(97(61)124-88)82-43-37-76(109(108)130-113)103(118-82)102(75)117-81)48-66(47-64)114-131-110-77-38-44-83-71-32-14-26-62-53-89(125-98(62)71)93(57-20-8-3-9-21-57)90-54-63-27-15-33-72(99(63)126-90)84-45-39-78(111(110)132-114)105(120-84)104(77)119-83/h1-54,91-92,106-111,121-125H,(H,127,128)(H,129,130)(H,131,132)/b93-90-. The molecule has 24 bridgehead atoms. The van der Waals surface area contributed by atoms with Crippen LogP contribution in [0.15, 0.2) is 347 Å². The van der Waals surface area contributed by atoms with E-state index in [4.69, 9.17) is 49.9 Å². The van der Waals surface area contributed by atoms with Gasteiger partial charge in [-0.2, -0.15) is 0 Å². The number of aromatic amines is 5. The molecule has 8 atom stereocenters. The van der Waals surface area contributed by atoms with Gasteiger partial charge in [-0.05, 0) is 108 Å². The van der Waals surface area contributed by atoms with Crippen molar-refractivity contribution in [2.24, 2.45) is 20.0 Å². The number of H-pyrrole nitrogens is 5. The summed E-state index contributed by atoms with van der Waals surface area (Å²) < 4.78 is 0. The molecule has 10 aromatic carbocycles. The number of para-hydroxylation sites is 6. The third-order valence-corrected chi connectivity index (χ3v) is 29.3. The molecule has 0 saturated heterocycles. The number of fused-ring (bicyclic) bond motifs is 27. The zero-order chi connectivity index (χ0) is 85.6. The summed E-state index contributed by atoms with van der Waals surface area (Å²) in [6.45, 7) is 0. The van der Waals surface area contributed by atoms with Crippen molar-refractivity contribution in [1.82, 2.24) is 70.8 Å². The number of rotatable bonds is 6. The molecule has 18 heterocycles. The Morgan fingerprint density at radius 3 is 0.924 bits per heavy atom. The van der Waals surface area contributed by atoms with Gasteiger partial charge >= 0.3 is 0 Å². The molecule has 0 spiro atoms. The maximum atomic E-state index is 5.94. The summed E-state index contributed by atoms with van der Waals surface area (Å²) in [7, 11) is 0. The second kappa shape index (κ2) is 26.2. The van der Waals surface area contributed by atoms with E-state index in [9.17, 15) is 0 Å². The van der Waals surface area contributed by atoms with Crippen LogP contribution in [0.1, 0.15) is 143 Å². The lowest BCUT2D eigenvalue weighted by atomic mass is 9.84. The Kier molecular flexibility index (Phi) is 14.0. The lowest BCUT2D eigenvalue weighted by molar-refractivity contribution is 0.561. The number of pyridine rings is 6. The molecule has 0 fully saturated rings. The first-order chi connectivity index (χ1) is 65.3. The number of aliphatic imine (C=N–C) groups is 3. The minimum atomic E-state index is -0.416. The maximum Gasteiger partial charge on any atom is 0.129 e. The first-order valence-corrected chi connectivity index (χ1v) is 45.3. The minimum Gasteiger partial charge on any atom is -0.360 e. The minimum absolute atomic E-state index is 0.116. The van der Waals surface area contributed by atoms with Crippen molar-refractivity contribution in [1.29, 1.82) is 0 Å². The summed E-state index contributed by atoms with van der Waals surface area (Å²) in [5.41, 5.74) is 39.9. The first-order valence-electron chi connectivity index (χ1n) is 45.3. The highest BCUT2D eigenvalue weighted by Crippen LogP contribution is 2.55. The van der Waals surface area contributed by atoms with Gasteiger partial charge in [-0.1, -0.05) is 237 Å². The maximum absolute atomic E-state index is 5.94. The molecule has 0 saturated carbocycles. The molecule has 8 N–H and O–H groups in total. The molecule has 132 heavy (non-hydrogen) atoms. The van der Waals surface area contributed by atoms with E-state index >= 15 is 0 Å². The largest absolute Gasteiger partial charge is 0.360 e. The van der Waals surface area contributed by atoms with Crippen LogP contribution < -0.4 is 26.5 Å². The van der Waals surface area contributed by atoms with Crippen molar-refractivity contribution in [3.05, 3.63) is 433 Å². The summed E-state index contributed by atoms with van der Waals surface area (Å²) in [6.07, 6.45) is 2.22. The third-order valence-electron chi connectivity index (χ3n) is 29.3. The Hall–Kier alpha value is -17.4. The van der Waals surface area contributed by atoms with Gasteiger partial charge in [0.05, 0.1) is 137 Å². The summed E-state index contributed by atoms with van der Waals surface area (Å²) in [5.74, 6) is 1.91. The first kappa shape index (κ1) is 70.7. The van der Waals surface area contributed by atoms with E-state index in [1.54, 1.807) is 0 Å².